The second-order valence-corrected chi connectivity index (χ2v) is 8.75. The van der Waals surface area contributed by atoms with Crippen molar-refractivity contribution >= 4 is 34.4 Å². The Morgan fingerprint density at radius 1 is 1.00 bits per heavy atom. The third-order valence-electron chi connectivity index (χ3n) is 6.08. The van der Waals surface area contributed by atoms with Crippen molar-refractivity contribution in [1.29, 1.82) is 0 Å². The van der Waals surface area contributed by atoms with Crippen molar-refractivity contribution in [2.45, 2.75) is 37.7 Å². The molecule has 0 radical (unpaired) electrons. The molecule has 4 N–H and O–H groups in total. The quantitative estimate of drug-likeness (QED) is 0.337. The summed E-state index contributed by atoms with van der Waals surface area (Å²) >= 11 is 0. The normalized spacial score (nSPS) is 17.4. The van der Waals surface area contributed by atoms with Gasteiger partial charge in [-0.3, -0.25) is 5.10 Å². The second kappa shape index (κ2) is 8.32. The van der Waals surface area contributed by atoms with Gasteiger partial charge in [0.15, 0.2) is 5.82 Å². The number of fused-ring (bicyclic) bond motifs is 1. The van der Waals surface area contributed by atoms with Gasteiger partial charge in [0.2, 0.25) is 11.9 Å². The van der Waals surface area contributed by atoms with Crippen LogP contribution in [0.4, 0.5) is 23.4 Å². The maximum Gasteiger partial charge on any atom is 0.323 e. The Bertz CT molecular complexity index is 1260. The zero-order chi connectivity index (χ0) is 22.2. The smallest absolute Gasteiger partial charge is 0.323 e. The molecule has 11 nitrogen and oxygen atoms in total. The number of imidazole rings is 1. The first-order valence-corrected chi connectivity index (χ1v) is 11.3. The lowest BCUT2D eigenvalue weighted by molar-refractivity contribution is 0.105. The van der Waals surface area contributed by atoms with Crippen molar-refractivity contribution in [2.75, 3.05) is 30.8 Å². The molecule has 2 fully saturated rings. The number of hydrogen-bond acceptors (Lipinski definition) is 9. The summed E-state index contributed by atoms with van der Waals surface area (Å²) in [5.41, 5.74) is 3.81. The van der Waals surface area contributed by atoms with Gasteiger partial charge in [-0.25, -0.2) is 4.98 Å². The highest BCUT2D eigenvalue weighted by Crippen LogP contribution is 2.39. The van der Waals surface area contributed by atoms with Gasteiger partial charge in [0.1, 0.15) is 6.10 Å². The molecule has 1 saturated heterocycles. The van der Waals surface area contributed by atoms with E-state index in [9.17, 15) is 0 Å². The van der Waals surface area contributed by atoms with E-state index in [0.717, 1.165) is 48.3 Å². The molecule has 1 aromatic carbocycles. The molecule has 1 aliphatic heterocycles. The lowest BCUT2D eigenvalue weighted by Crippen LogP contribution is -2.36. The van der Waals surface area contributed by atoms with Crippen LogP contribution in [-0.4, -0.2) is 66.3 Å². The van der Waals surface area contributed by atoms with E-state index < -0.39 is 0 Å². The van der Waals surface area contributed by atoms with Crippen molar-refractivity contribution in [1.82, 2.24) is 40.0 Å². The van der Waals surface area contributed by atoms with E-state index in [0.29, 0.717) is 29.6 Å². The Kier molecular flexibility index (Phi) is 5.02. The van der Waals surface area contributed by atoms with Crippen LogP contribution >= 0.6 is 0 Å². The topological polar surface area (TPSA) is 133 Å². The van der Waals surface area contributed by atoms with E-state index in [4.69, 9.17) is 4.74 Å². The number of aromatic amines is 2. The molecule has 0 spiro atoms. The minimum atomic E-state index is 0.0810. The van der Waals surface area contributed by atoms with Crippen LogP contribution in [0.1, 0.15) is 37.3 Å². The van der Waals surface area contributed by atoms with E-state index in [1.807, 2.05) is 24.3 Å². The average molecular weight is 447 g/mol. The van der Waals surface area contributed by atoms with Gasteiger partial charge in [0, 0.05) is 36.5 Å². The summed E-state index contributed by atoms with van der Waals surface area (Å²) < 4.78 is 6.16. The molecule has 33 heavy (non-hydrogen) atoms. The predicted octanol–water partition coefficient (Wildman–Crippen LogP) is 3.31. The largest absolute Gasteiger partial charge is 0.460 e. The van der Waals surface area contributed by atoms with Crippen LogP contribution in [0, 0.1) is 0 Å². The lowest BCUT2D eigenvalue weighted by Gasteiger charge is -2.28. The van der Waals surface area contributed by atoms with E-state index in [2.05, 4.69) is 57.7 Å². The molecule has 0 unspecified atom stereocenters. The molecule has 0 amide bonds. The lowest BCUT2D eigenvalue weighted by atomic mass is 10.1. The molecule has 1 saturated carbocycles. The number of aromatic nitrogens is 7. The molecule has 4 aromatic rings. The second-order valence-electron chi connectivity index (χ2n) is 8.75. The zero-order valence-electron chi connectivity index (χ0n) is 18.4. The summed E-state index contributed by atoms with van der Waals surface area (Å²) in [7, 11) is 2.12. The van der Waals surface area contributed by atoms with Crippen LogP contribution < -0.4 is 15.4 Å². The number of nitrogens with one attached hydrogen (secondary N) is 4. The number of ether oxygens (including phenoxy) is 1. The summed E-state index contributed by atoms with van der Waals surface area (Å²) in [5.74, 6) is 2.04. The fourth-order valence-corrected chi connectivity index (χ4v) is 4.03. The van der Waals surface area contributed by atoms with E-state index in [1.165, 1.54) is 12.8 Å². The molecule has 3 aromatic heterocycles. The third-order valence-corrected chi connectivity index (χ3v) is 6.08. The van der Waals surface area contributed by atoms with Crippen molar-refractivity contribution in [2.24, 2.45) is 0 Å². The monoisotopic (exact) mass is 446 g/mol. The van der Waals surface area contributed by atoms with Crippen LogP contribution in [0.25, 0.3) is 11.0 Å². The molecule has 1 aliphatic carbocycles. The zero-order valence-corrected chi connectivity index (χ0v) is 18.4. The van der Waals surface area contributed by atoms with Crippen LogP contribution in [0.2, 0.25) is 0 Å². The van der Waals surface area contributed by atoms with Crippen molar-refractivity contribution in [3.63, 3.8) is 0 Å². The first-order chi connectivity index (χ1) is 16.2. The van der Waals surface area contributed by atoms with Crippen LogP contribution in [0.5, 0.6) is 6.01 Å². The minimum absolute atomic E-state index is 0.0810. The minimum Gasteiger partial charge on any atom is -0.460 e. The average Bonchev–Trinajstić information content (AvgIpc) is 3.37. The molecular weight excluding hydrogens is 420 g/mol. The molecule has 0 atom stereocenters. The molecule has 2 aliphatic rings. The fourth-order valence-electron chi connectivity index (χ4n) is 4.03. The fraction of sp³-hybridized carbons (Fsp3) is 0.409. The van der Waals surface area contributed by atoms with Gasteiger partial charge in [0.05, 0.1) is 17.4 Å². The van der Waals surface area contributed by atoms with Crippen molar-refractivity contribution in [3.8, 4) is 6.01 Å². The Balaban J connectivity index is 1.26. The maximum absolute atomic E-state index is 6.16. The van der Waals surface area contributed by atoms with Gasteiger partial charge in [-0.15, -0.1) is 0 Å². The summed E-state index contributed by atoms with van der Waals surface area (Å²) in [6, 6.07) is 8.15. The van der Waals surface area contributed by atoms with Gasteiger partial charge in [-0.05, 0) is 50.9 Å². The highest BCUT2D eigenvalue weighted by Gasteiger charge is 2.26. The van der Waals surface area contributed by atoms with Crippen LogP contribution in [0.15, 0.2) is 30.6 Å². The number of hydrogen-bond donors (Lipinski definition) is 4. The molecule has 11 heteroatoms. The molecule has 4 heterocycles. The number of piperidine rings is 1. The van der Waals surface area contributed by atoms with Gasteiger partial charge in [-0.1, -0.05) is 0 Å². The Labute approximate surface area is 190 Å². The number of H-pyrrole nitrogens is 2. The number of anilines is 4. The predicted molar refractivity (Wildman–Crippen MR) is 124 cm³/mol. The van der Waals surface area contributed by atoms with Gasteiger partial charge < -0.3 is 25.3 Å². The Morgan fingerprint density at radius 3 is 2.64 bits per heavy atom. The Morgan fingerprint density at radius 2 is 1.82 bits per heavy atom. The number of benzene rings is 1. The Hall–Kier alpha value is -3.73. The number of rotatable bonds is 7. The van der Waals surface area contributed by atoms with Crippen LogP contribution in [-0.2, 0) is 0 Å². The highest BCUT2D eigenvalue weighted by atomic mass is 16.5. The maximum atomic E-state index is 6.16. The summed E-state index contributed by atoms with van der Waals surface area (Å²) in [6.07, 6.45) is 6.04. The molecule has 6 rings (SSSR count). The van der Waals surface area contributed by atoms with E-state index >= 15 is 0 Å². The van der Waals surface area contributed by atoms with Crippen LogP contribution in [0.3, 0.4) is 0 Å². The summed E-state index contributed by atoms with van der Waals surface area (Å²) in [5, 5.41) is 13.9. The number of likely N-dealkylation sites (tertiary alicyclic amines) is 1. The van der Waals surface area contributed by atoms with Gasteiger partial charge >= 0.3 is 6.01 Å². The van der Waals surface area contributed by atoms with Gasteiger partial charge in [-0.2, -0.15) is 20.1 Å². The van der Waals surface area contributed by atoms with Crippen molar-refractivity contribution < 1.29 is 4.74 Å². The third kappa shape index (κ3) is 4.58. The van der Waals surface area contributed by atoms with E-state index in [1.54, 1.807) is 6.33 Å². The molecule has 0 bridgehead atoms. The standard InChI is InChI=1S/C22H26N10O/c1-32-8-6-15(7-9-32)33-22-28-20(25-14-4-5-16-18(10-14)24-12-23-16)27-21(29-22)26-19-11-17(30-31-19)13-2-3-13/h4-5,10-13,15H,2-3,6-9H2,1H3,(H,23,24)(H3,25,26,27,28,29,30,31). The summed E-state index contributed by atoms with van der Waals surface area (Å²) in [6.45, 7) is 1.99. The molecular formula is C22H26N10O. The SMILES string of the molecule is CN1CCC(Oc2nc(Nc3ccc4nc[nH]c4c3)nc(Nc3cc(C4CC4)[nH]n3)n2)CC1. The first kappa shape index (κ1) is 19.9. The first-order valence-electron chi connectivity index (χ1n) is 11.3. The summed E-state index contributed by atoms with van der Waals surface area (Å²) in [4.78, 5) is 23.3. The molecule has 170 valence electrons. The highest BCUT2D eigenvalue weighted by molar-refractivity contribution is 5.79. The van der Waals surface area contributed by atoms with E-state index in [-0.39, 0.29) is 6.10 Å². The van der Waals surface area contributed by atoms with Gasteiger partial charge in [0.25, 0.3) is 0 Å². The van der Waals surface area contributed by atoms with Crippen molar-refractivity contribution in [3.05, 3.63) is 36.3 Å². The number of nitrogens with zero attached hydrogens (tertiary/aromatic N) is 6.